The second-order valence-corrected chi connectivity index (χ2v) is 10.5. The molecule has 4 aliphatic heterocycles. The number of aromatic nitrogens is 4. The number of fused-ring (bicyclic) bond motifs is 4. The summed E-state index contributed by atoms with van der Waals surface area (Å²) < 4.78 is 40.9. The lowest BCUT2D eigenvalue weighted by Crippen LogP contribution is -2.50. The minimum Gasteiger partial charge on any atom is -0.377 e. The van der Waals surface area contributed by atoms with E-state index < -0.39 is 30.5 Å². The number of amides is 2. The number of nitrogens with one attached hydrogen (secondary N) is 2. The summed E-state index contributed by atoms with van der Waals surface area (Å²) in [6.45, 7) is 1.30. The van der Waals surface area contributed by atoms with Gasteiger partial charge in [0.25, 0.3) is 0 Å². The van der Waals surface area contributed by atoms with Gasteiger partial charge in [-0.25, -0.2) is 13.6 Å². The number of ether oxygens (including phenoxy) is 2. The van der Waals surface area contributed by atoms with Gasteiger partial charge in [-0.2, -0.15) is 15.0 Å². The molecule has 13 heteroatoms. The molecule has 2 aromatic heterocycles. The molecule has 1 aromatic carbocycles. The maximum Gasteiger partial charge on any atom is 0.323 e. The molecular weight excluding hydrogens is 522 g/mol. The number of rotatable bonds is 5. The van der Waals surface area contributed by atoms with Crippen LogP contribution >= 0.6 is 0 Å². The number of alkyl halides is 2. The van der Waals surface area contributed by atoms with Gasteiger partial charge >= 0.3 is 6.03 Å². The van der Waals surface area contributed by atoms with Crippen LogP contribution in [-0.4, -0.2) is 88.9 Å². The molecule has 0 radical (unpaired) electrons. The third kappa shape index (κ3) is 4.58. The van der Waals surface area contributed by atoms with E-state index in [9.17, 15) is 13.6 Å². The lowest BCUT2D eigenvalue weighted by Gasteiger charge is -2.37. The quantitative estimate of drug-likeness (QED) is 0.494. The normalized spacial score (nSPS) is 28.9. The molecule has 7 rings (SSSR count). The number of urea groups is 1. The van der Waals surface area contributed by atoms with Crippen LogP contribution in [0.15, 0.2) is 48.8 Å². The van der Waals surface area contributed by atoms with Crippen molar-refractivity contribution in [1.82, 2.24) is 19.9 Å². The van der Waals surface area contributed by atoms with Crippen molar-refractivity contribution in [3.05, 3.63) is 48.8 Å². The van der Waals surface area contributed by atoms with Crippen LogP contribution < -0.4 is 20.4 Å². The maximum atomic E-state index is 14.9. The second-order valence-electron chi connectivity index (χ2n) is 10.5. The molecule has 0 spiro atoms. The van der Waals surface area contributed by atoms with Crippen molar-refractivity contribution in [1.29, 1.82) is 0 Å². The molecular formula is C27H28F2N8O3. The monoisotopic (exact) mass is 550 g/mol. The summed E-state index contributed by atoms with van der Waals surface area (Å²) in [6, 6.07) is 8.74. The molecule has 4 fully saturated rings. The highest BCUT2D eigenvalue weighted by molar-refractivity contribution is 5.99. The minimum atomic E-state index is -1.05. The van der Waals surface area contributed by atoms with E-state index in [1.165, 1.54) is 0 Å². The van der Waals surface area contributed by atoms with Crippen molar-refractivity contribution in [2.45, 2.75) is 49.4 Å². The van der Waals surface area contributed by atoms with Gasteiger partial charge in [0, 0.05) is 42.2 Å². The summed E-state index contributed by atoms with van der Waals surface area (Å²) in [6.07, 6.45) is 1.78. The van der Waals surface area contributed by atoms with Crippen molar-refractivity contribution in [2.24, 2.45) is 0 Å². The van der Waals surface area contributed by atoms with Crippen LogP contribution in [0.25, 0.3) is 11.4 Å². The predicted octanol–water partition coefficient (Wildman–Crippen LogP) is 3.21. The molecule has 2 amide bonds. The first-order valence-electron chi connectivity index (χ1n) is 13.4. The number of pyridine rings is 1. The molecule has 11 nitrogen and oxygen atoms in total. The average molecular weight is 551 g/mol. The van der Waals surface area contributed by atoms with E-state index in [0.717, 1.165) is 0 Å². The fourth-order valence-corrected chi connectivity index (χ4v) is 6.04. The third-order valence-corrected chi connectivity index (χ3v) is 7.94. The molecule has 6 heterocycles. The standard InChI is InChI=1S/C27H28F2N8O3/c28-20-9-18-11-39-13-22(20)36(18)25-33-24(34-26(35-25)37-19-10-21(29)23(37)14-40-12-19)15-1-3-16(4-2-15)31-27(38)32-17-5-7-30-8-6-17/h1-8,18-23H,9-14H2,(H2,30,31,32,38)/t18-,19-,20-,21-,22-,23-/m0/s1. The molecule has 3 aromatic rings. The fraction of sp³-hybridized carbons (Fsp3) is 0.444. The molecule has 4 aliphatic rings. The number of carbonyl (C=O) groups is 1. The number of benzene rings is 1. The van der Waals surface area contributed by atoms with Crippen LogP contribution in [0.3, 0.4) is 0 Å². The zero-order valence-corrected chi connectivity index (χ0v) is 21.5. The van der Waals surface area contributed by atoms with E-state index >= 15 is 0 Å². The van der Waals surface area contributed by atoms with Crippen LogP contribution in [0.1, 0.15) is 12.8 Å². The van der Waals surface area contributed by atoms with Gasteiger partial charge in [0.05, 0.1) is 50.6 Å². The van der Waals surface area contributed by atoms with Crippen LogP contribution in [-0.2, 0) is 9.47 Å². The van der Waals surface area contributed by atoms with Gasteiger partial charge in [0.1, 0.15) is 12.3 Å². The van der Waals surface area contributed by atoms with E-state index in [0.29, 0.717) is 60.7 Å². The Balaban J connectivity index is 1.19. The number of hydrogen-bond acceptors (Lipinski definition) is 9. The van der Waals surface area contributed by atoms with Crippen molar-refractivity contribution < 1.29 is 23.0 Å². The van der Waals surface area contributed by atoms with Gasteiger partial charge in [-0.05, 0) is 36.4 Å². The Morgan fingerprint density at radius 1 is 0.750 bits per heavy atom. The van der Waals surface area contributed by atoms with Gasteiger partial charge in [-0.3, -0.25) is 4.98 Å². The van der Waals surface area contributed by atoms with Gasteiger partial charge in [-0.15, -0.1) is 0 Å². The molecule has 0 unspecified atom stereocenters. The largest absolute Gasteiger partial charge is 0.377 e. The van der Waals surface area contributed by atoms with Crippen molar-refractivity contribution in [3.8, 4) is 11.4 Å². The maximum absolute atomic E-state index is 14.9. The number of carbonyl (C=O) groups excluding carboxylic acids is 1. The predicted molar refractivity (Wildman–Crippen MR) is 143 cm³/mol. The Morgan fingerprint density at radius 2 is 1.27 bits per heavy atom. The zero-order valence-electron chi connectivity index (χ0n) is 21.5. The zero-order chi connectivity index (χ0) is 27.2. The van der Waals surface area contributed by atoms with Gasteiger partial charge in [0.15, 0.2) is 5.82 Å². The Hall–Kier alpha value is -3.97. The molecule has 2 N–H and O–H groups in total. The highest BCUT2D eigenvalue weighted by atomic mass is 19.1. The first-order valence-corrected chi connectivity index (χ1v) is 13.4. The lowest BCUT2D eigenvalue weighted by molar-refractivity contribution is 0.0810. The van der Waals surface area contributed by atoms with Crippen molar-refractivity contribution in [3.63, 3.8) is 0 Å². The van der Waals surface area contributed by atoms with Crippen LogP contribution in [0, 0.1) is 0 Å². The van der Waals surface area contributed by atoms with Gasteiger partial charge in [0.2, 0.25) is 11.9 Å². The topological polar surface area (TPSA) is 118 Å². The van der Waals surface area contributed by atoms with E-state index in [1.54, 1.807) is 48.8 Å². The SMILES string of the molecule is O=C(Nc1ccncc1)Nc1ccc(-c2nc(N3[C@@H]4COC[C@H]3[C@@H](F)C4)nc(N3[C@@H]4COC[C@H]3[C@@H](F)C4)n2)cc1. The highest BCUT2D eigenvalue weighted by Crippen LogP contribution is 2.38. The van der Waals surface area contributed by atoms with Crippen LogP contribution in [0.5, 0.6) is 0 Å². The molecule has 0 saturated carbocycles. The molecule has 40 heavy (non-hydrogen) atoms. The second kappa shape index (κ2) is 10.2. The van der Waals surface area contributed by atoms with Crippen molar-refractivity contribution in [2.75, 3.05) is 46.9 Å². The molecule has 6 atom stereocenters. The summed E-state index contributed by atoms with van der Waals surface area (Å²) in [4.78, 5) is 34.4. The summed E-state index contributed by atoms with van der Waals surface area (Å²) in [5.74, 6) is 1.10. The highest BCUT2D eigenvalue weighted by Gasteiger charge is 2.49. The number of morpholine rings is 2. The number of halogens is 2. The van der Waals surface area contributed by atoms with E-state index in [-0.39, 0.29) is 25.3 Å². The average Bonchev–Trinajstić information content (AvgIpc) is 3.28. The van der Waals surface area contributed by atoms with Crippen LogP contribution in [0.4, 0.5) is 36.8 Å². The lowest BCUT2D eigenvalue weighted by atomic mass is 10.2. The first kappa shape index (κ1) is 25.0. The number of anilines is 4. The Morgan fingerprint density at radius 3 is 1.80 bits per heavy atom. The Bertz CT molecular complexity index is 1330. The summed E-state index contributed by atoms with van der Waals surface area (Å²) in [5, 5.41) is 5.54. The van der Waals surface area contributed by atoms with Crippen molar-refractivity contribution >= 4 is 29.3 Å². The number of nitrogens with zero attached hydrogens (tertiary/aromatic N) is 6. The molecule has 4 saturated heterocycles. The first-order chi connectivity index (χ1) is 19.5. The Labute approximate surface area is 228 Å². The van der Waals surface area contributed by atoms with Gasteiger partial charge < -0.3 is 29.9 Å². The molecule has 0 aliphatic carbocycles. The number of hydrogen-bond donors (Lipinski definition) is 2. The smallest absolute Gasteiger partial charge is 0.323 e. The minimum absolute atomic E-state index is 0.183. The third-order valence-electron chi connectivity index (χ3n) is 7.94. The summed E-state index contributed by atoms with van der Waals surface area (Å²) >= 11 is 0. The van der Waals surface area contributed by atoms with E-state index in [4.69, 9.17) is 24.4 Å². The summed E-state index contributed by atoms with van der Waals surface area (Å²) in [7, 11) is 0. The van der Waals surface area contributed by atoms with Crippen LogP contribution in [0.2, 0.25) is 0 Å². The van der Waals surface area contributed by atoms with E-state index in [1.807, 2.05) is 9.80 Å². The fourth-order valence-electron chi connectivity index (χ4n) is 6.04. The van der Waals surface area contributed by atoms with E-state index in [2.05, 4.69) is 15.6 Å². The molecule has 4 bridgehead atoms. The molecule has 208 valence electrons. The summed E-state index contributed by atoms with van der Waals surface area (Å²) in [5.41, 5.74) is 1.87. The Kier molecular flexibility index (Phi) is 6.39. The van der Waals surface area contributed by atoms with Gasteiger partial charge in [-0.1, -0.05) is 0 Å².